The van der Waals surface area contributed by atoms with E-state index in [4.69, 9.17) is 16.3 Å². The van der Waals surface area contributed by atoms with E-state index in [0.29, 0.717) is 53.8 Å². The van der Waals surface area contributed by atoms with Crippen LogP contribution in [0.3, 0.4) is 0 Å². The maximum absolute atomic E-state index is 12.6. The number of methoxy groups -OCH3 is 1. The van der Waals surface area contributed by atoms with Gasteiger partial charge in [0.25, 0.3) is 10.0 Å². The smallest absolute Gasteiger partial charge is 0.285 e. The van der Waals surface area contributed by atoms with Crippen LogP contribution in [0.5, 0.6) is 5.75 Å². The molecule has 2 aliphatic rings. The average molecular weight is 434 g/mol. The molecule has 0 radical (unpaired) electrons. The number of nitrogens with zero attached hydrogens (tertiary/aromatic N) is 2. The number of ether oxygens (including phenoxy) is 1. The van der Waals surface area contributed by atoms with Gasteiger partial charge in [-0.2, -0.15) is 8.42 Å². The third-order valence-corrected chi connectivity index (χ3v) is 6.82. The number of amidine groups is 1. The first kappa shape index (κ1) is 19.7. The van der Waals surface area contributed by atoms with E-state index in [1.165, 1.54) is 7.11 Å². The molecular weight excluding hydrogens is 414 g/mol. The Morgan fingerprint density at radius 1 is 1.21 bits per heavy atom. The van der Waals surface area contributed by atoms with Crippen LogP contribution in [0, 0.1) is 5.92 Å². The first-order valence-corrected chi connectivity index (χ1v) is 11.0. The molecule has 0 aliphatic carbocycles. The Morgan fingerprint density at radius 2 is 1.93 bits per heavy atom. The van der Waals surface area contributed by atoms with Crippen LogP contribution in [0.1, 0.15) is 18.4 Å². The lowest BCUT2D eigenvalue weighted by atomic mass is 9.95. The molecule has 29 heavy (non-hydrogen) atoms. The van der Waals surface area contributed by atoms with Crippen LogP contribution in [0.2, 0.25) is 5.02 Å². The summed E-state index contributed by atoms with van der Waals surface area (Å²) < 4.78 is 33.6. The summed E-state index contributed by atoms with van der Waals surface area (Å²) in [5, 5.41) is 3.32. The molecule has 2 aromatic carbocycles. The molecule has 152 valence electrons. The quantitative estimate of drug-likeness (QED) is 0.803. The van der Waals surface area contributed by atoms with Crippen molar-refractivity contribution in [1.29, 1.82) is 0 Å². The Kier molecular flexibility index (Phi) is 5.23. The molecule has 0 atom stereocenters. The molecule has 1 amide bonds. The predicted octanol–water partition coefficient (Wildman–Crippen LogP) is 3.15. The summed E-state index contributed by atoms with van der Waals surface area (Å²) in [6.45, 7) is 1.12. The lowest BCUT2D eigenvalue weighted by Gasteiger charge is -2.32. The summed E-state index contributed by atoms with van der Waals surface area (Å²) in [7, 11) is -2.11. The number of carbonyl (C=O) groups is 1. The average Bonchev–Trinajstić information content (AvgIpc) is 3.00. The van der Waals surface area contributed by atoms with Crippen molar-refractivity contribution in [3.63, 3.8) is 0 Å². The van der Waals surface area contributed by atoms with Gasteiger partial charge in [-0.25, -0.2) is 0 Å². The van der Waals surface area contributed by atoms with Crippen LogP contribution >= 0.6 is 11.6 Å². The van der Waals surface area contributed by atoms with Crippen LogP contribution < -0.4 is 10.1 Å². The Bertz CT molecular complexity index is 1090. The number of sulfonamides is 1. The molecule has 4 rings (SSSR count). The van der Waals surface area contributed by atoms with E-state index in [-0.39, 0.29) is 16.7 Å². The van der Waals surface area contributed by atoms with Gasteiger partial charge in [-0.05, 0) is 43.2 Å². The molecule has 2 aromatic rings. The van der Waals surface area contributed by atoms with Crippen molar-refractivity contribution in [3.8, 4) is 5.75 Å². The van der Waals surface area contributed by atoms with E-state index in [0.717, 1.165) is 0 Å². The van der Waals surface area contributed by atoms with E-state index in [2.05, 4.69) is 9.71 Å². The van der Waals surface area contributed by atoms with Crippen molar-refractivity contribution < 1.29 is 17.9 Å². The zero-order chi connectivity index (χ0) is 20.6. The minimum Gasteiger partial charge on any atom is -0.495 e. The number of halogens is 1. The van der Waals surface area contributed by atoms with E-state index >= 15 is 0 Å². The maximum atomic E-state index is 12.6. The minimum absolute atomic E-state index is 0.0766. The lowest BCUT2D eigenvalue weighted by Crippen LogP contribution is -2.41. The molecule has 9 heteroatoms. The van der Waals surface area contributed by atoms with Crippen LogP contribution in [-0.4, -0.2) is 45.3 Å². The second-order valence-electron chi connectivity index (χ2n) is 6.99. The second-order valence-corrected chi connectivity index (χ2v) is 8.97. The normalized spacial score (nSPS) is 18.1. The summed E-state index contributed by atoms with van der Waals surface area (Å²) in [4.78, 5) is 14.8. The third kappa shape index (κ3) is 3.82. The van der Waals surface area contributed by atoms with Crippen LogP contribution in [0.4, 0.5) is 5.69 Å². The molecule has 0 unspecified atom stereocenters. The topological polar surface area (TPSA) is 88.1 Å². The van der Waals surface area contributed by atoms with Gasteiger partial charge in [0.2, 0.25) is 5.91 Å². The third-order valence-electron chi connectivity index (χ3n) is 5.20. The highest BCUT2D eigenvalue weighted by Crippen LogP contribution is 2.31. The standard InChI is InChI=1S/C20H20ClN3O4S/c1-28-17-7-6-14(12-16(17)21)22-20(25)13-8-10-24(11-9-13)19-15-4-2-3-5-18(15)29(26,27)23-19/h2-7,12-13H,8-11H2,1H3,(H,22,25). The molecule has 0 spiro atoms. The SMILES string of the molecule is COc1ccc(NC(=O)C2CCN(C3=NS(=O)(=O)c4ccccc43)CC2)cc1Cl. The number of fused-ring (bicyclic) bond motifs is 1. The molecule has 0 saturated carbocycles. The summed E-state index contributed by atoms with van der Waals surface area (Å²) in [5.41, 5.74) is 1.24. The van der Waals surface area contributed by atoms with Crippen molar-refractivity contribution in [2.75, 3.05) is 25.5 Å². The highest BCUT2D eigenvalue weighted by molar-refractivity contribution is 7.90. The first-order valence-electron chi connectivity index (χ1n) is 9.23. The number of likely N-dealkylation sites (tertiary alicyclic amines) is 1. The number of amides is 1. The molecule has 0 bridgehead atoms. The number of hydrogen-bond acceptors (Lipinski definition) is 5. The number of anilines is 1. The van der Waals surface area contributed by atoms with Crippen molar-refractivity contribution in [3.05, 3.63) is 53.1 Å². The van der Waals surface area contributed by atoms with Gasteiger partial charge >= 0.3 is 0 Å². The Balaban J connectivity index is 1.41. The van der Waals surface area contributed by atoms with Gasteiger partial charge in [-0.1, -0.05) is 23.7 Å². The van der Waals surface area contributed by atoms with Crippen LogP contribution in [-0.2, 0) is 14.8 Å². The molecule has 0 aromatic heterocycles. The van der Waals surface area contributed by atoms with Gasteiger partial charge in [-0.15, -0.1) is 4.40 Å². The van der Waals surface area contributed by atoms with Crippen LogP contribution in [0.15, 0.2) is 51.8 Å². The summed E-state index contributed by atoms with van der Waals surface area (Å²) in [6, 6.07) is 11.9. The van der Waals surface area contributed by atoms with Gasteiger partial charge in [0.15, 0.2) is 5.84 Å². The molecular formula is C20H20ClN3O4S. The van der Waals surface area contributed by atoms with Crippen LogP contribution in [0.25, 0.3) is 0 Å². The molecule has 1 saturated heterocycles. The molecule has 2 aliphatic heterocycles. The number of piperidine rings is 1. The zero-order valence-corrected chi connectivity index (χ0v) is 17.3. The monoisotopic (exact) mass is 433 g/mol. The highest BCUT2D eigenvalue weighted by Gasteiger charge is 2.34. The number of nitrogens with one attached hydrogen (secondary N) is 1. The molecule has 2 heterocycles. The first-order chi connectivity index (χ1) is 13.9. The Labute approximate surface area is 174 Å². The lowest BCUT2D eigenvalue weighted by molar-refractivity contribution is -0.120. The van der Waals surface area contributed by atoms with E-state index in [1.54, 1.807) is 42.5 Å². The van der Waals surface area contributed by atoms with Crippen molar-refractivity contribution >= 4 is 39.1 Å². The molecule has 1 N–H and O–H groups in total. The Morgan fingerprint density at radius 3 is 2.62 bits per heavy atom. The van der Waals surface area contributed by atoms with Gasteiger partial charge in [0, 0.05) is 30.3 Å². The maximum Gasteiger partial charge on any atom is 0.285 e. The predicted molar refractivity (Wildman–Crippen MR) is 111 cm³/mol. The fraction of sp³-hybridized carbons (Fsp3) is 0.300. The van der Waals surface area contributed by atoms with Gasteiger partial charge in [0.1, 0.15) is 10.6 Å². The number of benzene rings is 2. The number of carbonyl (C=O) groups excluding carboxylic acids is 1. The van der Waals surface area contributed by atoms with Gasteiger partial charge in [0.05, 0.1) is 12.1 Å². The van der Waals surface area contributed by atoms with E-state index in [1.807, 2.05) is 4.90 Å². The Hall–Kier alpha value is -2.58. The molecule has 1 fully saturated rings. The fourth-order valence-electron chi connectivity index (χ4n) is 3.66. The second kappa shape index (κ2) is 7.68. The van der Waals surface area contributed by atoms with E-state index < -0.39 is 10.0 Å². The summed E-state index contributed by atoms with van der Waals surface area (Å²) in [6.07, 6.45) is 1.22. The minimum atomic E-state index is -3.64. The summed E-state index contributed by atoms with van der Waals surface area (Å²) >= 11 is 6.11. The number of hydrogen-bond donors (Lipinski definition) is 1. The summed E-state index contributed by atoms with van der Waals surface area (Å²) in [5.74, 6) is 0.778. The van der Waals surface area contributed by atoms with Crippen molar-refractivity contribution in [2.24, 2.45) is 10.3 Å². The molecule has 7 nitrogen and oxygen atoms in total. The number of rotatable bonds is 3. The van der Waals surface area contributed by atoms with Crippen molar-refractivity contribution in [2.45, 2.75) is 17.7 Å². The largest absolute Gasteiger partial charge is 0.495 e. The van der Waals surface area contributed by atoms with Gasteiger partial charge in [-0.3, -0.25) is 4.79 Å². The highest BCUT2D eigenvalue weighted by atomic mass is 35.5. The van der Waals surface area contributed by atoms with Gasteiger partial charge < -0.3 is 15.0 Å². The zero-order valence-electron chi connectivity index (χ0n) is 15.8. The van der Waals surface area contributed by atoms with E-state index in [9.17, 15) is 13.2 Å². The van der Waals surface area contributed by atoms with Crippen molar-refractivity contribution in [1.82, 2.24) is 4.90 Å². The fourth-order valence-corrected chi connectivity index (χ4v) is 5.14.